The maximum Gasteiger partial charge on any atom is 0.261 e. The Morgan fingerprint density at radius 1 is 1.12 bits per heavy atom. The Morgan fingerprint density at radius 3 is 2.38 bits per heavy atom. The van der Waals surface area contributed by atoms with Crippen molar-refractivity contribution in [3.63, 3.8) is 0 Å². The third-order valence-electron chi connectivity index (χ3n) is 5.02. The summed E-state index contributed by atoms with van der Waals surface area (Å²) in [5, 5.41) is 12.1. The van der Waals surface area contributed by atoms with Crippen LogP contribution in [0.1, 0.15) is 84.5 Å². The summed E-state index contributed by atoms with van der Waals surface area (Å²) in [4.78, 5) is 14.4. The third kappa shape index (κ3) is 9.08. The Kier molecular flexibility index (Phi) is 12.4. The highest BCUT2D eigenvalue weighted by molar-refractivity contribution is 5.97. The van der Waals surface area contributed by atoms with Crippen molar-refractivity contribution in [2.45, 2.75) is 84.5 Å². The molecule has 4 nitrogen and oxygen atoms in total. The van der Waals surface area contributed by atoms with Gasteiger partial charge in [-0.2, -0.15) is 5.26 Å². The molecule has 1 aliphatic rings. The van der Waals surface area contributed by atoms with Crippen molar-refractivity contribution in [2.24, 2.45) is 0 Å². The van der Waals surface area contributed by atoms with Gasteiger partial charge in [-0.15, -0.1) is 0 Å². The first-order chi connectivity index (χ1) is 12.7. The Morgan fingerprint density at radius 2 is 1.77 bits per heavy atom. The molecular weight excluding hydrogens is 322 g/mol. The molecule has 1 N–H and O–H groups in total. The van der Waals surface area contributed by atoms with E-state index in [0.717, 1.165) is 38.8 Å². The normalized spacial score (nSPS) is 16.1. The van der Waals surface area contributed by atoms with Crippen LogP contribution in [0.15, 0.2) is 23.4 Å². The summed E-state index contributed by atoms with van der Waals surface area (Å²) in [7, 11) is 0. The number of hydrogen-bond donors (Lipinski definition) is 1. The summed E-state index contributed by atoms with van der Waals surface area (Å²) < 4.78 is 0. The van der Waals surface area contributed by atoms with Crippen LogP contribution in [-0.2, 0) is 4.79 Å². The Bertz CT molecular complexity index is 502. The van der Waals surface area contributed by atoms with Crippen LogP contribution in [0.3, 0.4) is 0 Å². The summed E-state index contributed by atoms with van der Waals surface area (Å²) in [6.07, 6.45) is 17.2. The molecule has 0 aromatic carbocycles. The lowest BCUT2D eigenvalue weighted by atomic mass is 10.1. The Balaban J connectivity index is 2.19. The predicted octanol–water partition coefficient (Wildman–Crippen LogP) is 5.08. The molecule has 0 radical (unpaired) electrons. The van der Waals surface area contributed by atoms with E-state index in [-0.39, 0.29) is 11.5 Å². The first-order valence-electron chi connectivity index (χ1n) is 10.6. The van der Waals surface area contributed by atoms with Crippen LogP contribution in [0.25, 0.3) is 0 Å². The number of carbonyl (C=O) groups is 1. The van der Waals surface area contributed by atoms with Gasteiger partial charge in [0.25, 0.3) is 5.91 Å². The minimum absolute atomic E-state index is 0.205. The van der Waals surface area contributed by atoms with Crippen molar-refractivity contribution < 1.29 is 4.79 Å². The average Bonchev–Trinajstić information content (AvgIpc) is 3.11. The highest BCUT2D eigenvalue weighted by Gasteiger charge is 2.14. The zero-order valence-corrected chi connectivity index (χ0v) is 16.9. The van der Waals surface area contributed by atoms with Gasteiger partial charge in [-0.3, -0.25) is 4.79 Å². The molecule has 4 heteroatoms. The minimum atomic E-state index is -0.245. The van der Waals surface area contributed by atoms with Crippen molar-refractivity contribution >= 4 is 5.91 Å². The fourth-order valence-corrected chi connectivity index (χ4v) is 3.38. The summed E-state index contributed by atoms with van der Waals surface area (Å²) in [6, 6.07) is 2.03. The molecule has 1 aliphatic heterocycles. The molecule has 0 bridgehead atoms. The molecule has 0 unspecified atom stereocenters. The average molecular weight is 360 g/mol. The molecular formula is C22H37N3O. The second kappa shape index (κ2) is 14.4. The van der Waals surface area contributed by atoms with Crippen LogP contribution >= 0.6 is 0 Å². The van der Waals surface area contributed by atoms with Gasteiger partial charge in [0.15, 0.2) is 0 Å². The maximum atomic E-state index is 12.1. The zero-order valence-electron chi connectivity index (χ0n) is 16.9. The highest BCUT2D eigenvalue weighted by atomic mass is 16.1. The molecule has 1 saturated heterocycles. The van der Waals surface area contributed by atoms with Crippen molar-refractivity contribution in [3.05, 3.63) is 23.4 Å². The number of unbranched alkanes of at least 4 members (excludes halogenated alkanes) is 8. The van der Waals surface area contributed by atoms with E-state index in [4.69, 9.17) is 0 Å². The molecule has 0 aromatic rings. The van der Waals surface area contributed by atoms with Gasteiger partial charge in [0.05, 0.1) is 0 Å². The van der Waals surface area contributed by atoms with Gasteiger partial charge in [-0.05, 0) is 38.3 Å². The van der Waals surface area contributed by atoms with E-state index in [2.05, 4.69) is 24.1 Å². The van der Waals surface area contributed by atoms with Gasteiger partial charge < -0.3 is 10.2 Å². The van der Waals surface area contributed by atoms with E-state index in [9.17, 15) is 10.1 Å². The van der Waals surface area contributed by atoms with Crippen LogP contribution in [0.2, 0.25) is 0 Å². The van der Waals surface area contributed by atoms with Crippen LogP contribution < -0.4 is 5.32 Å². The molecule has 1 heterocycles. The lowest BCUT2D eigenvalue weighted by molar-refractivity contribution is -0.117. The van der Waals surface area contributed by atoms with Gasteiger partial charge in [-0.1, -0.05) is 58.3 Å². The Labute approximate surface area is 160 Å². The SMILES string of the molecule is CCCCCCCCCCCNC(=O)C(C#N)=CC=C1CCCN1CC. The molecule has 146 valence electrons. The quantitative estimate of drug-likeness (QED) is 0.283. The largest absolute Gasteiger partial charge is 0.375 e. The number of nitriles is 1. The van der Waals surface area contributed by atoms with E-state index >= 15 is 0 Å². The van der Waals surface area contributed by atoms with Crippen LogP contribution in [0.5, 0.6) is 0 Å². The number of nitrogens with zero attached hydrogens (tertiary/aromatic N) is 2. The molecule has 0 spiro atoms. The summed E-state index contributed by atoms with van der Waals surface area (Å²) in [6.45, 7) is 7.08. The molecule has 1 amide bonds. The first kappa shape index (κ1) is 22.3. The van der Waals surface area contributed by atoms with Gasteiger partial charge in [0.1, 0.15) is 11.6 Å². The van der Waals surface area contributed by atoms with E-state index in [1.165, 1.54) is 50.6 Å². The predicted molar refractivity (Wildman–Crippen MR) is 108 cm³/mol. The van der Waals surface area contributed by atoms with E-state index in [1.807, 2.05) is 12.1 Å². The zero-order chi connectivity index (χ0) is 19.0. The van der Waals surface area contributed by atoms with Gasteiger partial charge >= 0.3 is 0 Å². The number of allylic oxidation sites excluding steroid dienone is 3. The van der Waals surface area contributed by atoms with Gasteiger partial charge in [-0.25, -0.2) is 0 Å². The monoisotopic (exact) mass is 359 g/mol. The lowest BCUT2D eigenvalue weighted by Gasteiger charge is -2.16. The lowest BCUT2D eigenvalue weighted by Crippen LogP contribution is -2.25. The molecule has 26 heavy (non-hydrogen) atoms. The number of hydrogen-bond acceptors (Lipinski definition) is 3. The van der Waals surface area contributed by atoms with E-state index in [0.29, 0.717) is 6.54 Å². The van der Waals surface area contributed by atoms with Crippen molar-refractivity contribution in [1.29, 1.82) is 5.26 Å². The van der Waals surface area contributed by atoms with Gasteiger partial charge in [0.2, 0.25) is 0 Å². The number of likely N-dealkylation sites (tertiary alicyclic amines) is 1. The van der Waals surface area contributed by atoms with E-state index in [1.54, 1.807) is 6.08 Å². The molecule has 1 fully saturated rings. The van der Waals surface area contributed by atoms with Crippen molar-refractivity contribution in [2.75, 3.05) is 19.6 Å². The molecule has 1 rings (SSSR count). The molecule has 0 atom stereocenters. The van der Waals surface area contributed by atoms with Crippen LogP contribution in [0, 0.1) is 11.3 Å². The maximum absolute atomic E-state index is 12.1. The number of nitrogens with one attached hydrogen (secondary N) is 1. The first-order valence-corrected chi connectivity index (χ1v) is 10.6. The molecule has 0 saturated carbocycles. The highest BCUT2D eigenvalue weighted by Crippen LogP contribution is 2.20. The summed E-state index contributed by atoms with van der Waals surface area (Å²) >= 11 is 0. The molecule has 0 aromatic heterocycles. The minimum Gasteiger partial charge on any atom is -0.375 e. The van der Waals surface area contributed by atoms with Crippen LogP contribution in [0.4, 0.5) is 0 Å². The Hall–Kier alpha value is -1.76. The molecule has 0 aliphatic carbocycles. The standard InChI is InChI=1S/C22H37N3O/c1-3-5-6-7-8-9-10-11-12-17-24-22(26)20(19-23)15-16-21-14-13-18-25(21)4-2/h15-16H,3-14,17-18H2,1-2H3,(H,24,26). The fourth-order valence-electron chi connectivity index (χ4n) is 3.38. The van der Waals surface area contributed by atoms with Gasteiger partial charge in [0, 0.05) is 25.3 Å². The number of amides is 1. The summed E-state index contributed by atoms with van der Waals surface area (Å²) in [5.74, 6) is -0.245. The number of rotatable bonds is 13. The second-order valence-electron chi connectivity index (χ2n) is 7.12. The van der Waals surface area contributed by atoms with Crippen molar-refractivity contribution in [3.8, 4) is 6.07 Å². The topological polar surface area (TPSA) is 56.1 Å². The second-order valence-corrected chi connectivity index (χ2v) is 7.12. The smallest absolute Gasteiger partial charge is 0.261 e. The van der Waals surface area contributed by atoms with E-state index < -0.39 is 0 Å². The number of carbonyl (C=O) groups excluding carboxylic acids is 1. The van der Waals surface area contributed by atoms with Crippen LogP contribution in [-0.4, -0.2) is 30.4 Å². The fraction of sp³-hybridized carbons (Fsp3) is 0.727. The van der Waals surface area contributed by atoms with Crippen molar-refractivity contribution in [1.82, 2.24) is 10.2 Å². The third-order valence-corrected chi connectivity index (χ3v) is 5.02. The summed E-state index contributed by atoms with van der Waals surface area (Å²) in [5.41, 5.74) is 1.43.